The van der Waals surface area contributed by atoms with Crippen molar-refractivity contribution in [2.24, 2.45) is 5.73 Å². The number of alkyl halides is 2. The maximum absolute atomic E-state index is 13.5. The van der Waals surface area contributed by atoms with Crippen LogP contribution in [0.1, 0.15) is 30.8 Å². The molecule has 1 fully saturated rings. The van der Waals surface area contributed by atoms with E-state index in [0.29, 0.717) is 36.1 Å². The van der Waals surface area contributed by atoms with E-state index < -0.39 is 12.0 Å². The number of para-hydroxylation sites is 1. The molecule has 1 aromatic heterocycles. The smallest absolute Gasteiger partial charge is 0.272 e. The van der Waals surface area contributed by atoms with Crippen LogP contribution in [-0.4, -0.2) is 40.0 Å². The second-order valence-corrected chi connectivity index (χ2v) is 7.72. The van der Waals surface area contributed by atoms with Crippen LogP contribution < -0.4 is 11.3 Å². The number of halogens is 2. The minimum absolute atomic E-state index is 0.153. The Labute approximate surface area is 167 Å². The van der Waals surface area contributed by atoms with E-state index >= 15 is 0 Å². The highest BCUT2D eigenvalue weighted by molar-refractivity contribution is 5.81. The molecule has 0 spiro atoms. The fourth-order valence-electron chi connectivity index (χ4n) is 3.92. The normalized spacial score (nSPS) is 17.2. The van der Waals surface area contributed by atoms with Gasteiger partial charge < -0.3 is 5.73 Å². The van der Waals surface area contributed by atoms with E-state index in [1.54, 1.807) is 16.4 Å². The average Bonchev–Trinajstić information content (AvgIpc) is 2.67. The molecular weight excluding hydrogens is 374 g/mol. The molecule has 0 aliphatic carbocycles. The Morgan fingerprint density at radius 2 is 1.86 bits per heavy atom. The van der Waals surface area contributed by atoms with Crippen molar-refractivity contribution in [1.82, 2.24) is 14.5 Å². The highest BCUT2D eigenvalue weighted by Gasteiger charge is 2.43. The number of nitrogens with two attached hydrogens (primary N) is 1. The van der Waals surface area contributed by atoms with Crippen molar-refractivity contribution < 1.29 is 8.78 Å². The second kappa shape index (κ2) is 7.65. The number of hydrogen-bond donors (Lipinski definition) is 1. The van der Waals surface area contributed by atoms with Gasteiger partial charge in [-0.05, 0) is 50.1 Å². The van der Waals surface area contributed by atoms with Crippen molar-refractivity contribution in [1.29, 1.82) is 0 Å². The summed E-state index contributed by atoms with van der Waals surface area (Å²) in [6, 6.07) is 14.5. The largest absolute Gasteiger partial charge is 0.322 e. The van der Waals surface area contributed by atoms with Gasteiger partial charge >= 0.3 is 0 Å². The predicted molar refractivity (Wildman–Crippen MR) is 110 cm³/mol. The number of nitrogens with zero attached hydrogens (tertiary/aromatic N) is 3. The number of aryl methyl sites for hydroxylation is 1. The van der Waals surface area contributed by atoms with Crippen LogP contribution in [0.2, 0.25) is 0 Å². The summed E-state index contributed by atoms with van der Waals surface area (Å²) in [6.07, 6.45) is 1.33. The Bertz CT molecular complexity index is 1070. The van der Waals surface area contributed by atoms with Crippen LogP contribution in [0.25, 0.3) is 16.6 Å². The second-order valence-electron chi connectivity index (χ2n) is 7.72. The summed E-state index contributed by atoms with van der Waals surface area (Å²) >= 11 is 0. The molecule has 3 aromatic rings. The molecule has 2 N–H and O–H groups in total. The quantitative estimate of drug-likeness (QED) is 0.692. The molecule has 4 rings (SSSR count). The van der Waals surface area contributed by atoms with Crippen molar-refractivity contribution in [3.63, 3.8) is 0 Å². The summed E-state index contributed by atoms with van der Waals surface area (Å²) in [4.78, 5) is 19.9. The molecule has 5 nitrogen and oxygen atoms in total. The summed E-state index contributed by atoms with van der Waals surface area (Å²) in [5, 5.41) is 0.565. The van der Waals surface area contributed by atoms with Crippen LogP contribution in [0, 0.1) is 0 Å². The lowest BCUT2D eigenvalue weighted by molar-refractivity contribution is -0.130. The molecule has 7 heteroatoms. The lowest BCUT2D eigenvalue weighted by Crippen LogP contribution is -2.56. The van der Waals surface area contributed by atoms with Gasteiger partial charge in [0, 0.05) is 0 Å². The summed E-state index contributed by atoms with van der Waals surface area (Å²) < 4.78 is 27.6. The molecule has 1 aliphatic heterocycles. The number of rotatable bonds is 6. The predicted octanol–water partition coefficient (Wildman–Crippen LogP) is 3.29. The van der Waals surface area contributed by atoms with Gasteiger partial charge in [0.15, 0.2) is 0 Å². The fourth-order valence-corrected chi connectivity index (χ4v) is 3.92. The third-order valence-corrected chi connectivity index (χ3v) is 5.26. The lowest BCUT2D eigenvalue weighted by Gasteiger charge is -2.38. The van der Waals surface area contributed by atoms with Crippen molar-refractivity contribution in [3.8, 4) is 5.69 Å². The van der Waals surface area contributed by atoms with Gasteiger partial charge in [-0.2, -0.15) is 0 Å². The van der Waals surface area contributed by atoms with Crippen molar-refractivity contribution >= 4 is 10.9 Å². The molecule has 0 bridgehead atoms. The van der Waals surface area contributed by atoms with Gasteiger partial charge in [0.1, 0.15) is 5.82 Å². The SMILES string of the molecule is C[C@H](N)c1nc2cccc(CCCN3CC(F)(F)C3)c2c(=O)n1-c1ccccc1. The molecule has 2 heterocycles. The van der Waals surface area contributed by atoms with E-state index in [0.717, 1.165) is 11.3 Å². The molecule has 29 heavy (non-hydrogen) atoms. The Morgan fingerprint density at radius 3 is 2.52 bits per heavy atom. The Morgan fingerprint density at radius 1 is 1.14 bits per heavy atom. The first-order valence-corrected chi connectivity index (χ1v) is 9.81. The summed E-state index contributed by atoms with van der Waals surface area (Å²) in [5.74, 6) is -2.05. The molecule has 0 unspecified atom stereocenters. The standard InChI is InChI=1S/C22H24F2N4O/c1-15(25)20-26-18-11-5-7-16(8-6-12-27-13-22(23,24)14-27)19(18)21(29)28(20)17-9-3-2-4-10-17/h2-5,7,9-11,15H,6,8,12-14,25H2,1H3/t15-/m0/s1. The van der Waals surface area contributed by atoms with Gasteiger partial charge in [-0.15, -0.1) is 0 Å². The molecule has 1 aliphatic rings. The highest BCUT2D eigenvalue weighted by atomic mass is 19.3. The molecular formula is C22H24F2N4O. The van der Waals surface area contributed by atoms with E-state index in [4.69, 9.17) is 10.7 Å². The van der Waals surface area contributed by atoms with E-state index in [9.17, 15) is 13.6 Å². The third-order valence-electron chi connectivity index (χ3n) is 5.26. The van der Waals surface area contributed by atoms with Gasteiger partial charge in [0.25, 0.3) is 11.5 Å². The van der Waals surface area contributed by atoms with Crippen molar-refractivity contribution in [2.75, 3.05) is 19.6 Å². The van der Waals surface area contributed by atoms with E-state index in [1.807, 2.05) is 48.5 Å². The van der Waals surface area contributed by atoms with Crippen molar-refractivity contribution in [3.05, 3.63) is 70.3 Å². The van der Waals surface area contributed by atoms with E-state index in [1.165, 1.54) is 0 Å². The average molecular weight is 398 g/mol. The molecule has 152 valence electrons. The van der Waals surface area contributed by atoms with Gasteiger partial charge in [-0.25, -0.2) is 13.8 Å². The first-order chi connectivity index (χ1) is 13.9. The zero-order valence-corrected chi connectivity index (χ0v) is 16.3. The van der Waals surface area contributed by atoms with E-state index in [-0.39, 0.29) is 18.6 Å². The number of fused-ring (bicyclic) bond motifs is 1. The number of aromatic nitrogens is 2. The summed E-state index contributed by atoms with van der Waals surface area (Å²) in [7, 11) is 0. The number of hydrogen-bond acceptors (Lipinski definition) is 4. The van der Waals surface area contributed by atoms with E-state index in [2.05, 4.69) is 0 Å². The summed E-state index contributed by atoms with van der Waals surface area (Å²) in [6.45, 7) is 2.04. The van der Waals surface area contributed by atoms with Crippen LogP contribution in [0.15, 0.2) is 53.3 Å². The number of likely N-dealkylation sites (tertiary alicyclic amines) is 1. The van der Waals surface area contributed by atoms with Crippen LogP contribution in [0.5, 0.6) is 0 Å². The maximum atomic E-state index is 13.5. The van der Waals surface area contributed by atoms with Gasteiger partial charge in [0.05, 0.1) is 35.7 Å². The van der Waals surface area contributed by atoms with Crippen LogP contribution in [0.3, 0.4) is 0 Å². The molecule has 0 saturated carbocycles. The third kappa shape index (κ3) is 3.93. The van der Waals surface area contributed by atoms with Gasteiger partial charge in [-0.3, -0.25) is 14.3 Å². The first kappa shape index (κ1) is 19.7. The Kier molecular flexibility index (Phi) is 5.19. The zero-order chi connectivity index (χ0) is 20.6. The summed E-state index contributed by atoms with van der Waals surface area (Å²) in [5.41, 5.74) is 8.18. The molecule has 1 saturated heterocycles. The Hall–Kier alpha value is -2.64. The molecule has 2 aromatic carbocycles. The minimum atomic E-state index is -2.55. The Balaban J connectivity index is 1.70. The molecule has 1 atom stereocenters. The number of benzene rings is 2. The topological polar surface area (TPSA) is 64.2 Å². The van der Waals surface area contributed by atoms with Crippen molar-refractivity contribution in [2.45, 2.75) is 31.7 Å². The molecule has 0 radical (unpaired) electrons. The monoisotopic (exact) mass is 398 g/mol. The highest BCUT2D eigenvalue weighted by Crippen LogP contribution is 2.27. The lowest BCUT2D eigenvalue weighted by atomic mass is 10.0. The molecule has 0 amide bonds. The van der Waals surface area contributed by atoms with Crippen LogP contribution >= 0.6 is 0 Å². The fraction of sp³-hybridized carbons (Fsp3) is 0.364. The minimum Gasteiger partial charge on any atom is -0.322 e. The van der Waals surface area contributed by atoms with Crippen LogP contribution in [-0.2, 0) is 6.42 Å². The van der Waals surface area contributed by atoms with Crippen LogP contribution in [0.4, 0.5) is 8.78 Å². The van der Waals surface area contributed by atoms with Gasteiger partial charge in [-0.1, -0.05) is 30.3 Å². The maximum Gasteiger partial charge on any atom is 0.272 e. The zero-order valence-electron chi connectivity index (χ0n) is 16.3. The first-order valence-electron chi connectivity index (χ1n) is 9.81. The van der Waals surface area contributed by atoms with Gasteiger partial charge in [0.2, 0.25) is 0 Å².